The number of amides is 1. The number of nitrogens with zero attached hydrogens (tertiary/aromatic N) is 2. The third-order valence-electron chi connectivity index (χ3n) is 3.13. The molecule has 0 saturated carbocycles. The molecule has 0 aliphatic heterocycles. The number of alkyl halides is 1. The van der Waals surface area contributed by atoms with Crippen molar-refractivity contribution in [3.05, 3.63) is 29.6 Å². The average Bonchev–Trinajstić information content (AvgIpc) is 2.80. The molecule has 1 aromatic heterocycles. The van der Waals surface area contributed by atoms with Crippen LogP contribution in [-0.2, 0) is 10.7 Å². The van der Waals surface area contributed by atoms with Gasteiger partial charge in [-0.15, -0.1) is 11.6 Å². The summed E-state index contributed by atoms with van der Waals surface area (Å²) in [5.74, 6) is -2.00. The molecule has 4 nitrogen and oxygen atoms in total. The molecule has 1 heterocycles. The van der Waals surface area contributed by atoms with Gasteiger partial charge in [0.25, 0.3) is 0 Å². The number of hydrogen-bond acceptors (Lipinski definition) is 2. The smallest absolute Gasteiger partial charge is 0.243 e. The first-order valence-corrected chi connectivity index (χ1v) is 7.11. The van der Waals surface area contributed by atoms with E-state index in [-0.39, 0.29) is 28.9 Å². The maximum absolute atomic E-state index is 14.1. The van der Waals surface area contributed by atoms with Gasteiger partial charge in [0.1, 0.15) is 17.4 Å². The topological polar surface area (TPSA) is 46.9 Å². The van der Waals surface area contributed by atoms with Crippen molar-refractivity contribution in [2.24, 2.45) is 0 Å². The molecule has 0 saturated heterocycles. The zero-order valence-corrected chi connectivity index (χ0v) is 12.7. The van der Waals surface area contributed by atoms with Gasteiger partial charge in [-0.1, -0.05) is 0 Å². The highest BCUT2D eigenvalue weighted by molar-refractivity contribution is 6.17. The number of carbonyl (C=O) groups is 1. The SMILES string of the molecule is CC(C)NC(=O)C(C)n1c(CCl)nc2ccc(F)c(F)c21. The number of imidazole rings is 1. The summed E-state index contributed by atoms with van der Waals surface area (Å²) in [6.07, 6.45) is 0. The second-order valence-corrected chi connectivity index (χ2v) is 5.37. The van der Waals surface area contributed by atoms with Crippen LogP contribution >= 0.6 is 11.6 Å². The van der Waals surface area contributed by atoms with E-state index in [2.05, 4.69) is 10.3 Å². The van der Waals surface area contributed by atoms with Crippen molar-refractivity contribution in [3.63, 3.8) is 0 Å². The molecule has 0 bridgehead atoms. The lowest BCUT2D eigenvalue weighted by Crippen LogP contribution is -2.36. The molecule has 0 spiro atoms. The second-order valence-electron chi connectivity index (χ2n) is 5.10. The van der Waals surface area contributed by atoms with Crippen LogP contribution in [0.4, 0.5) is 8.78 Å². The van der Waals surface area contributed by atoms with Gasteiger partial charge in [-0.3, -0.25) is 4.79 Å². The predicted octanol–water partition coefficient (Wildman–Crippen LogP) is 3.14. The number of hydrogen-bond donors (Lipinski definition) is 1. The minimum absolute atomic E-state index is 0.00492. The fourth-order valence-electron chi connectivity index (χ4n) is 2.20. The number of halogens is 3. The van der Waals surface area contributed by atoms with E-state index in [4.69, 9.17) is 11.6 Å². The number of fused-ring (bicyclic) bond motifs is 1. The molecule has 1 amide bonds. The predicted molar refractivity (Wildman–Crippen MR) is 77.2 cm³/mol. The van der Waals surface area contributed by atoms with Crippen molar-refractivity contribution in [1.29, 1.82) is 0 Å². The summed E-state index contributed by atoms with van der Waals surface area (Å²) >= 11 is 5.82. The van der Waals surface area contributed by atoms with Crippen molar-refractivity contribution in [2.45, 2.75) is 38.7 Å². The summed E-state index contributed by atoms with van der Waals surface area (Å²) in [6.45, 7) is 5.23. The Morgan fingerprint density at radius 1 is 1.38 bits per heavy atom. The molecule has 21 heavy (non-hydrogen) atoms. The lowest BCUT2D eigenvalue weighted by atomic mass is 10.2. The third-order valence-corrected chi connectivity index (χ3v) is 3.37. The minimum Gasteiger partial charge on any atom is -0.352 e. The van der Waals surface area contributed by atoms with E-state index >= 15 is 0 Å². The number of rotatable bonds is 4. The van der Waals surface area contributed by atoms with E-state index in [9.17, 15) is 13.6 Å². The van der Waals surface area contributed by atoms with Crippen LogP contribution in [0.3, 0.4) is 0 Å². The van der Waals surface area contributed by atoms with Crippen LogP contribution < -0.4 is 5.32 Å². The Labute approximate surface area is 126 Å². The summed E-state index contributed by atoms with van der Waals surface area (Å²) in [4.78, 5) is 16.3. The van der Waals surface area contributed by atoms with Crippen LogP contribution in [0, 0.1) is 11.6 Å². The summed E-state index contributed by atoms with van der Waals surface area (Å²) in [7, 11) is 0. The monoisotopic (exact) mass is 315 g/mol. The Kier molecular flexibility index (Phi) is 4.46. The zero-order chi connectivity index (χ0) is 15.7. The molecule has 2 rings (SSSR count). The van der Waals surface area contributed by atoms with Crippen LogP contribution in [0.1, 0.15) is 32.6 Å². The molecule has 1 unspecified atom stereocenters. The van der Waals surface area contributed by atoms with E-state index in [1.165, 1.54) is 10.6 Å². The van der Waals surface area contributed by atoms with Gasteiger partial charge in [-0.25, -0.2) is 13.8 Å². The van der Waals surface area contributed by atoms with E-state index < -0.39 is 17.7 Å². The fraction of sp³-hybridized carbons (Fsp3) is 0.429. The lowest BCUT2D eigenvalue weighted by molar-refractivity contribution is -0.124. The molecular formula is C14H16ClF2N3O. The maximum Gasteiger partial charge on any atom is 0.243 e. The molecule has 0 aliphatic carbocycles. The molecule has 0 aliphatic rings. The molecule has 114 valence electrons. The molecule has 0 fully saturated rings. The number of carbonyl (C=O) groups excluding carboxylic acids is 1. The van der Waals surface area contributed by atoms with Crippen molar-refractivity contribution in [3.8, 4) is 0 Å². The maximum atomic E-state index is 14.1. The van der Waals surface area contributed by atoms with Gasteiger partial charge in [0.2, 0.25) is 5.91 Å². The largest absolute Gasteiger partial charge is 0.352 e. The van der Waals surface area contributed by atoms with Crippen LogP contribution in [0.15, 0.2) is 12.1 Å². The van der Waals surface area contributed by atoms with Gasteiger partial charge in [0.05, 0.1) is 11.4 Å². The van der Waals surface area contributed by atoms with Crippen LogP contribution in [0.2, 0.25) is 0 Å². The van der Waals surface area contributed by atoms with Crippen LogP contribution in [0.25, 0.3) is 11.0 Å². The van der Waals surface area contributed by atoms with Crippen LogP contribution in [-0.4, -0.2) is 21.5 Å². The first kappa shape index (κ1) is 15.7. The molecule has 2 aromatic rings. The first-order chi connectivity index (χ1) is 9.86. The minimum atomic E-state index is -1.03. The van der Waals surface area contributed by atoms with Gasteiger partial charge in [0.15, 0.2) is 11.6 Å². The molecule has 0 radical (unpaired) electrons. The zero-order valence-electron chi connectivity index (χ0n) is 12.0. The third kappa shape index (κ3) is 2.85. The van der Waals surface area contributed by atoms with Gasteiger partial charge >= 0.3 is 0 Å². The summed E-state index contributed by atoms with van der Waals surface area (Å²) in [6, 6.07) is 1.57. The highest BCUT2D eigenvalue weighted by atomic mass is 35.5. The standard InChI is InChI=1S/C14H16ClF2N3O/c1-7(2)18-14(21)8(3)20-11(6-15)19-10-5-4-9(16)12(17)13(10)20/h4-5,7-8H,6H2,1-3H3,(H,18,21). The van der Waals surface area contributed by atoms with Gasteiger partial charge in [-0.2, -0.15) is 0 Å². The fourth-order valence-corrected chi connectivity index (χ4v) is 2.39. The number of nitrogens with one attached hydrogen (secondary N) is 1. The first-order valence-electron chi connectivity index (χ1n) is 6.58. The summed E-state index contributed by atoms with van der Waals surface area (Å²) in [5.41, 5.74) is 0.228. The molecule has 1 atom stereocenters. The van der Waals surface area contributed by atoms with Gasteiger partial charge in [-0.05, 0) is 32.9 Å². The Morgan fingerprint density at radius 3 is 2.62 bits per heavy atom. The quantitative estimate of drug-likeness (QED) is 0.881. The van der Waals surface area contributed by atoms with Gasteiger partial charge in [0, 0.05) is 6.04 Å². The Morgan fingerprint density at radius 2 is 2.05 bits per heavy atom. The summed E-state index contributed by atoms with van der Waals surface area (Å²) in [5, 5.41) is 2.73. The van der Waals surface area contributed by atoms with E-state index in [1.807, 2.05) is 13.8 Å². The summed E-state index contributed by atoms with van der Waals surface area (Å²) < 4.78 is 28.9. The molecular weight excluding hydrogens is 300 g/mol. The van der Waals surface area contributed by atoms with Gasteiger partial charge < -0.3 is 9.88 Å². The second kappa shape index (κ2) is 5.97. The Hall–Kier alpha value is -1.69. The Bertz CT molecular complexity index is 684. The van der Waals surface area contributed by atoms with Crippen molar-refractivity contribution in [1.82, 2.24) is 14.9 Å². The number of aromatic nitrogens is 2. The molecule has 1 N–H and O–H groups in total. The van der Waals surface area contributed by atoms with Crippen LogP contribution in [0.5, 0.6) is 0 Å². The van der Waals surface area contributed by atoms with Crippen molar-refractivity contribution >= 4 is 28.5 Å². The lowest BCUT2D eigenvalue weighted by Gasteiger charge is -2.18. The van der Waals surface area contributed by atoms with E-state index in [0.717, 1.165) is 6.07 Å². The van der Waals surface area contributed by atoms with E-state index in [0.29, 0.717) is 5.82 Å². The van der Waals surface area contributed by atoms with Crippen molar-refractivity contribution in [2.75, 3.05) is 0 Å². The highest BCUT2D eigenvalue weighted by Crippen LogP contribution is 2.26. The molecule has 1 aromatic carbocycles. The number of benzene rings is 1. The van der Waals surface area contributed by atoms with Crippen molar-refractivity contribution < 1.29 is 13.6 Å². The highest BCUT2D eigenvalue weighted by Gasteiger charge is 2.24. The normalized spacial score (nSPS) is 12.9. The Balaban J connectivity index is 2.60. The van der Waals surface area contributed by atoms with E-state index in [1.54, 1.807) is 6.92 Å². The average molecular weight is 316 g/mol. The molecule has 7 heteroatoms.